The fraction of sp³-hybridized carbons (Fsp3) is 0.182. The summed E-state index contributed by atoms with van der Waals surface area (Å²) in [5.74, 6) is 0. The lowest BCUT2D eigenvalue weighted by molar-refractivity contribution is -0.141. The van der Waals surface area contributed by atoms with Crippen LogP contribution in [0.15, 0.2) is 16.6 Å². The Morgan fingerprint density at radius 2 is 1.94 bits per heavy atom. The molecule has 1 aromatic heterocycles. The summed E-state index contributed by atoms with van der Waals surface area (Å²) in [4.78, 5) is 3.69. The molecule has 0 radical (unpaired) electrons. The highest BCUT2D eigenvalue weighted by Crippen LogP contribution is 2.39. The minimum absolute atomic E-state index is 0.0504. The zero-order valence-electron chi connectivity index (χ0n) is 8.87. The van der Waals surface area contributed by atoms with E-state index in [-0.39, 0.29) is 16.1 Å². The number of benzene rings is 1. The van der Waals surface area contributed by atoms with Crippen molar-refractivity contribution in [2.24, 2.45) is 0 Å². The van der Waals surface area contributed by atoms with Crippen LogP contribution in [0, 0.1) is 10.5 Å². The summed E-state index contributed by atoms with van der Waals surface area (Å²) >= 11 is 11.3. The van der Waals surface area contributed by atoms with Crippen molar-refractivity contribution >= 4 is 61.0 Å². The van der Waals surface area contributed by atoms with Crippen molar-refractivity contribution in [2.45, 2.75) is 13.1 Å². The van der Waals surface area contributed by atoms with E-state index in [0.717, 1.165) is 3.57 Å². The van der Waals surface area contributed by atoms with Gasteiger partial charge in [0.15, 0.2) is 0 Å². The van der Waals surface area contributed by atoms with Gasteiger partial charge in [0.2, 0.25) is 0 Å². The second kappa shape index (κ2) is 4.79. The molecule has 1 aromatic carbocycles. The van der Waals surface area contributed by atoms with Crippen LogP contribution in [0.1, 0.15) is 11.3 Å². The number of hydrogen-bond acceptors (Lipinski definition) is 1. The lowest BCUT2D eigenvalue weighted by Crippen LogP contribution is -2.11. The van der Waals surface area contributed by atoms with Crippen LogP contribution in [0.4, 0.5) is 13.2 Å². The fourth-order valence-electron chi connectivity index (χ4n) is 1.62. The predicted octanol–water partition coefficient (Wildman–Crippen LogP) is 5.58. The predicted molar refractivity (Wildman–Crippen MR) is 76.9 cm³/mol. The summed E-state index contributed by atoms with van der Waals surface area (Å²) in [6, 6.07) is 3.41. The molecule has 7 heteroatoms. The van der Waals surface area contributed by atoms with Gasteiger partial charge in [-0.3, -0.25) is 0 Å². The molecular weight excluding hydrogens is 445 g/mol. The van der Waals surface area contributed by atoms with Gasteiger partial charge < -0.3 is 0 Å². The summed E-state index contributed by atoms with van der Waals surface area (Å²) in [6.07, 6.45) is -4.51. The van der Waals surface area contributed by atoms with Gasteiger partial charge in [-0.05, 0) is 63.1 Å². The second-order valence-corrected chi connectivity index (χ2v) is 6.16. The van der Waals surface area contributed by atoms with Crippen molar-refractivity contribution in [3.8, 4) is 0 Å². The van der Waals surface area contributed by atoms with Crippen LogP contribution in [0.25, 0.3) is 10.9 Å². The fourth-order valence-corrected chi connectivity index (χ4v) is 3.46. The highest BCUT2D eigenvalue weighted by Gasteiger charge is 2.36. The smallest absolute Gasteiger partial charge is 0.242 e. The summed E-state index contributed by atoms with van der Waals surface area (Å²) in [7, 11) is 0. The summed E-state index contributed by atoms with van der Waals surface area (Å²) < 4.78 is 39.9. The van der Waals surface area contributed by atoms with Gasteiger partial charge >= 0.3 is 6.18 Å². The molecule has 1 nitrogen and oxygen atoms in total. The van der Waals surface area contributed by atoms with E-state index < -0.39 is 11.9 Å². The molecule has 0 aliphatic carbocycles. The third-order valence-electron chi connectivity index (χ3n) is 2.44. The Hall–Kier alpha value is -0.0800. The van der Waals surface area contributed by atoms with Crippen molar-refractivity contribution in [2.75, 3.05) is 0 Å². The van der Waals surface area contributed by atoms with Crippen LogP contribution in [0.3, 0.4) is 0 Å². The Bertz CT molecular complexity index is 642. The summed E-state index contributed by atoms with van der Waals surface area (Å²) in [5, 5.41) is 0.604. The Morgan fingerprint density at radius 3 is 2.50 bits per heavy atom. The van der Waals surface area contributed by atoms with Crippen molar-refractivity contribution < 1.29 is 13.2 Å². The van der Waals surface area contributed by atoms with Gasteiger partial charge in [0.1, 0.15) is 5.69 Å². The minimum Gasteiger partial charge on any atom is -0.242 e. The van der Waals surface area contributed by atoms with Crippen molar-refractivity contribution in [1.29, 1.82) is 0 Å². The third kappa shape index (κ3) is 2.46. The van der Waals surface area contributed by atoms with E-state index in [4.69, 9.17) is 11.6 Å². The summed E-state index contributed by atoms with van der Waals surface area (Å²) in [6.45, 7) is 1.32. The maximum atomic E-state index is 12.8. The van der Waals surface area contributed by atoms with Crippen LogP contribution in [0.2, 0.25) is 5.02 Å². The first-order valence-corrected chi connectivity index (χ1v) is 6.99. The van der Waals surface area contributed by atoms with Crippen molar-refractivity contribution in [3.05, 3.63) is 36.5 Å². The van der Waals surface area contributed by atoms with Crippen molar-refractivity contribution in [1.82, 2.24) is 4.98 Å². The van der Waals surface area contributed by atoms with Crippen molar-refractivity contribution in [3.63, 3.8) is 0 Å². The molecule has 0 aliphatic heterocycles. The molecule has 0 fully saturated rings. The van der Waals surface area contributed by atoms with Crippen LogP contribution in [0.5, 0.6) is 0 Å². The molecule has 2 rings (SSSR count). The molecular formula is C11H5BrClF3IN. The average Bonchev–Trinajstić information content (AvgIpc) is 2.22. The maximum Gasteiger partial charge on any atom is 0.433 e. The number of hydrogen-bond donors (Lipinski definition) is 0. The molecule has 0 saturated carbocycles. The van der Waals surface area contributed by atoms with Gasteiger partial charge in [-0.15, -0.1) is 0 Å². The van der Waals surface area contributed by atoms with E-state index in [9.17, 15) is 13.2 Å². The SMILES string of the molecule is Cc1c(C(F)(F)F)nc2c(Br)cc(I)cc2c1Cl. The molecule has 1 heterocycles. The number of pyridine rings is 1. The Morgan fingerprint density at radius 1 is 1.33 bits per heavy atom. The molecule has 0 aliphatic rings. The number of aromatic nitrogens is 1. The van der Waals surface area contributed by atoms with Crippen LogP contribution in [-0.2, 0) is 6.18 Å². The van der Waals surface area contributed by atoms with E-state index in [1.807, 2.05) is 0 Å². The van der Waals surface area contributed by atoms with Gasteiger partial charge in [-0.2, -0.15) is 13.2 Å². The molecule has 0 N–H and O–H groups in total. The van der Waals surface area contributed by atoms with Gasteiger partial charge in [-0.1, -0.05) is 11.6 Å². The molecule has 2 aromatic rings. The lowest BCUT2D eigenvalue weighted by atomic mass is 10.1. The molecule has 0 atom stereocenters. The van der Waals surface area contributed by atoms with E-state index in [0.29, 0.717) is 9.86 Å². The standard InChI is InChI=1S/C11H5BrClF3IN/c1-4-8(13)6-2-5(17)3-7(12)9(6)18-10(4)11(14,15)16/h2-3H,1H3. The number of rotatable bonds is 0. The van der Waals surface area contributed by atoms with Gasteiger partial charge in [0.05, 0.1) is 10.5 Å². The van der Waals surface area contributed by atoms with Gasteiger partial charge in [-0.25, -0.2) is 4.98 Å². The molecule has 96 valence electrons. The van der Waals surface area contributed by atoms with Crippen LogP contribution < -0.4 is 0 Å². The number of nitrogens with zero attached hydrogens (tertiary/aromatic N) is 1. The first-order valence-electron chi connectivity index (χ1n) is 4.74. The largest absolute Gasteiger partial charge is 0.433 e. The topological polar surface area (TPSA) is 12.9 Å². The van der Waals surface area contributed by atoms with E-state index in [2.05, 4.69) is 43.5 Å². The Balaban J connectivity index is 2.93. The quantitative estimate of drug-likeness (QED) is 0.478. The minimum atomic E-state index is -4.51. The zero-order chi connectivity index (χ0) is 13.7. The molecule has 0 unspecified atom stereocenters. The molecule has 0 saturated heterocycles. The Kier molecular flexibility index (Phi) is 3.81. The number of halogens is 6. The zero-order valence-corrected chi connectivity index (χ0v) is 13.4. The average molecular weight is 450 g/mol. The number of alkyl halides is 3. The number of fused-ring (bicyclic) bond motifs is 1. The monoisotopic (exact) mass is 449 g/mol. The molecule has 18 heavy (non-hydrogen) atoms. The first kappa shape index (κ1) is 14.3. The normalized spacial score (nSPS) is 12.2. The van der Waals surface area contributed by atoms with E-state index in [1.165, 1.54) is 6.92 Å². The Labute approximate surface area is 128 Å². The lowest BCUT2D eigenvalue weighted by Gasteiger charge is -2.13. The summed E-state index contributed by atoms with van der Waals surface area (Å²) in [5.41, 5.74) is -0.772. The van der Waals surface area contributed by atoms with Gasteiger partial charge in [0.25, 0.3) is 0 Å². The van der Waals surface area contributed by atoms with E-state index in [1.54, 1.807) is 12.1 Å². The van der Waals surface area contributed by atoms with Crippen LogP contribution in [-0.4, -0.2) is 4.98 Å². The molecule has 0 spiro atoms. The van der Waals surface area contributed by atoms with Crippen LogP contribution >= 0.6 is 50.1 Å². The maximum absolute atomic E-state index is 12.8. The second-order valence-electron chi connectivity index (χ2n) is 3.68. The van der Waals surface area contributed by atoms with Gasteiger partial charge in [0, 0.05) is 13.4 Å². The molecule has 0 bridgehead atoms. The highest BCUT2D eigenvalue weighted by atomic mass is 127. The highest BCUT2D eigenvalue weighted by molar-refractivity contribution is 14.1. The molecule has 0 amide bonds. The van der Waals surface area contributed by atoms with E-state index >= 15 is 0 Å². The third-order valence-corrected chi connectivity index (χ3v) is 4.16. The first-order chi connectivity index (χ1) is 8.21.